The summed E-state index contributed by atoms with van der Waals surface area (Å²) in [5, 5.41) is 2.73. The molecular formula is C19H22N2O6S2. The number of carbonyl (C=O) groups is 1. The molecule has 0 saturated carbocycles. The Morgan fingerprint density at radius 3 is 2.03 bits per heavy atom. The van der Waals surface area contributed by atoms with E-state index in [0.717, 1.165) is 12.5 Å². The van der Waals surface area contributed by atoms with Gasteiger partial charge in [0.1, 0.15) is 17.5 Å². The van der Waals surface area contributed by atoms with E-state index in [1.54, 1.807) is 36.4 Å². The Hall–Kier alpha value is -2.43. The molecule has 0 aromatic heterocycles. The second kappa shape index (κ2) is 8.13. The Morgan fingerprint density at radius 2 is 1.52 bits per heavy atom. The molecule has 0 radical (unpaired) electrons. The lowest BCUT2D eigenvalue weighted by Gasteiger charge is -2.21. The molecule has 3 rings (SSSR count). The normalized spacial score (nSPS) is 17.8. The number of hydrogen-bond acceptors (Lipinski definition) is 6. The molecule has 2 aromatic carbocycles. The summed E-state index contributed by atoms with van der Waals surface area (Å²) in [4.78, 5) is 12.7. The number of ether oxygens (including phenoxy) is 1. The Labute approximate surface area is 170 Å². The maximum absolute atomic E-state index is 12.5. The van der Waals surface area contributed by atoms with Crippen molar-refractivity contribution in [3.8, 4) is 11.5 Å². The molecule has 29 heavy (non-hydrogen) atoms. The highest BCUT2D eigenvalue weighted by molar-refractivity contribution is 7.90. The molecule has 8 nitrogen and oxygen atoms in total. The van der Waals surface area contributed by atoms with Crippen LogP contribution in [0.1, 0.15) is 12.8 Å². The summed E-state index contributed by atoms with van der Waals surface area (Å²) in [5.41, 5.74) is 0.523. The molecule has 0 unspecified atom stereocenters. The Morgan fingerprint density at radius 1 is 0.966 bits per heavy atom. The quantitative estimate of drug-likeness (QED) is 0.741. The van der Waals surface area contributed by atoms with Crippen LogP contribution in [0.4, 0.5) is 5.69 Å². The maximum Gasteiger partial charge on any atom is 0.242 e. The SMILES string of the molecule is CS(=O)(=O)c1ccc(Oc2ccc(NC(=O)[C@@H]3CCCN3S(C)(=O)=O)cc2)cc1. The number of rotatable bonds is 6. The molecule has 0 bridgehead atoms. The van der Waals surface area contributed by atoms with Crippen LogP contribution in [0, 0.1) is 0 Å². The zero-order chi connectivity index (χ0) is 21.2. The van der Waals surface area contributed by atoms with E-state index in [0.29, 0.717) is 36.6 Å². The molecule has 2 aromatic rings. The third-order valence-corrected chi connectivity index (χ3v) is 6.96. The largest absolute Gasteiger partial charge is 0.457 e. The van der Waals surface area contributed by atoms with Crippen LogP contribution >= 0.6 is 0 Å². The molecule has 1 aliphatic heterocycles. The van der Waals surface area contributed by atoms with Gasteiger partial charge < -0.3 is 10.1 Å². The van der Waals surface area contributed by atoms with Crippen molar-refractivity contribution in [3.05, 3.63) is 48.5 Å². The zero-order valence-corrected chi connectivity index (χ0v) is 17.7. The Bertz CT molecular complexity index is 1090. The first-order chi connectivity index (χ1) is 13.5. The number of carbonyl (C=O) groups excluding carboxylic acids is 1. The van der Waals surface area contributed by atoms with Crippen molar-refractivity contribution in [3.63, 3.8) is 0 Å². The third kappa shape index (κ3) is 5.34. The molecule has 0 spiro atoms. The van der Waals surface area contributed by atoms with Gasteiger partial charge in [-0.25, -0.2) is 16.8 Å². The van der Waals surface area contributed by atoms with Crippen LogP contribution in [0.25, 0.3) is 0 Å². The monoisotopic (exact) mass is 438 g/mol. The van der Waals surface area contributed by atoms with Gasteiger partial charge in [0.05, 0.1) is 11.2 Å². The molecule has 1 N–H and O–H groups in total. The number of benzene rings is 2. The Balaban J connectivity index is 1.64. The highest BCUT2D eigenvalue weighted by Crippen LogP contribution is 2.26. The van der Waals surface area contributed by atoms with Crippen LogP contribution < -0.4 is 10.1 Å². The predicted molar refractivity (Wildman–Crippen MR) is 109 cm³/mol. The predicted octanol–water partition coefficient (Wildman–Crippen LogP) is 2.24. The molecule has 1 atom stereocenters. The van der Waals surface area contributed by atoms with Crippen LogP contribution in [-0.4, -0.2) is 52.1 Å². The van der Waals surface area contributed by atoms with Gasteiger partial charge >= 0.3 is 0 Å². The van der Waals surface area contributed by atoms with E-state index in [-0.39, 0.29) is 10.8 Å². The molecule has 0 aliphatic carbocycles. The number of nitrogens with zero attached hydrogens (tertiary/aromatic N) is 1. The summed E-state index contributed by atoms with van der Waals surface area (Å²) in [6, 6.07) is 12.0. The highest BCUT2D eigenvalue weighted by Gasteiger charge is 2.36. The van der Waals surface area contributed by atoms with Crippen LogP contribution in [0.3, 0.4) is 0 Å². The molecule has 1 heterocycles. The molecule has 10 heteroatoms. The molecular weight excluding hydrogens is 416 g/mol. The molecule has 1 aliphatic rings. The maximum atomic E-state index is 12.5. The average Bonchev–Trinajstić information content (AvgIpc) is 3.13. The van der Waals surface area contributed by atoms with Gasteiger partial charge in [0, 0.05) is 18.5 Å². The summed E-state index contributed by atoms with van der Waals surface area (Å²) in [7, 11) is -6.69. The summed E-state index contributed by atoms with van der Waals surface area (Å²) in [6.07, 6.45) is 3.38. The topological polar surface area (TPSA) is 110 Å². The average molecular weight is 439 g/mol. The fourth-order valence-electron chi connectivity index (χ4n) is 3.12. The minimum absolute atomic E-state index is 0.206. The third-order valence-electron chi connectivity index (χ3n) is 4.54. The molecule has 156 valence electrons. The first-order valence-corrected chi connectivity index (χ1v) is 12.6. The lowest BCUT2D eigenvalue weighted by molar-refractivity contribution is -0.119. The summed E-state index contributed by atoms with van der Waals surface area (Å²) in [5.74, 6) is 0.621. The van der Waals surface area contributed by atoms with E-state index in [4.69, 9.17) is 4.74 Å². The van der Waals surface area contributed by atoms with E-state index in [1.807, 2.05) is 0 Å². The van der Waals surface area contributed by atoms with Crippen molar-refractivity contribution in [2.24, 2.45) is 0 Å². The number of sulfone groups is 1. The number of nitrogens with one attached hydrogen (secondary N) is 1. The van der Waals surface area contributed by atoms with Gasteiger partial charge in [-0.1, -0.05) is 0 Å². The standard InChI is InChI=1S/C19H22N2O6S2/c1-28(23,24)17-11-9-16(10-12-17)27-15-7-5-14(6-8-15)20-19(22)18-4-3-13-21(18)29(2,25)26/h5-12,18H,3-4,13H2,1-2H3,(H,20,22)/t18-/m0/s1. The van der Waals surface area contributed by atoms with Crippen molar-refractivity contribution in [2.75, 3.05) is 24.4 Å². The second-order valence-electron chi connectivity index (χ2n) is 6.89. The van der Waals surface area contributed by atoms with Gasteiger partial charge in [0.15, 0.2) is 9.84 Å². The molecule has 1 amide bonds. The van der Waals surface area contributed by atoms with Gasteiger partial charge in [-0.2, -0.15) is 4.31 Å². The first kappa shape index (κ1) is 21.3. The van der Waals surface area contributed by atoms with Crippen molar-refractivity contribution >= 4 is 31.5 Å². The first-order valence-electron chi connectivity index (χ1n) is 8.90. The minimum Gasteiger partial charge on any atom is -0.457 e. The summed E-state index contributed by atoms with van der Waals surface area (Å²) in [6.45, 7) is 0.349. The van der Waals surface area contributed by atoms with E-state index < -0.39 is 25.9 Å². The summed E-state index contributed by atoms with van der Waals surface area (Å²) < 4.78 is 53.5. The van der Waals surface area contributed by atoms with Gasteiger partial charge in [0.25, 0.3) is 0 Å². The van der Waals surface area contributed by atoms with E-state index in [9.17, 15) is 21.6 Å². The number of anilines is 1. The van der Waals surface area contributed by atoms with Gasteiger partial charge in [-0.3, -0.25) is 4.79 Å². The van der Waals surface area contributed by atoms with Crippen molar-refractivity contribution < 1.29 is 26.4 Å². The fraction of sp³-hybridized carbons (Fsp3) is 0.316. The second-order valence-corrected chi connectivity index (χ2v) is 10.8. The Kier molecular flexibility index (Phi) is 5.97. The fourth-order valence-corrected chi connectivity index (χ4v) is 4.88. The van der Waals surface area contributed by atoms with Gasteiger partial charge in [-0.15, -0.1) is 0 Å². The molecule has 1 saturated heterocycles. The summed E-state index contributed by atoms with van der Waals surface area (Å²) >= 11 is 0. The van der Waals surface area contributed by atoms with Crippen LogP contribution in [0.2, 0.25) is 0 Å². The van der Waals surface area contributed by atoms with E-state index in [2.05, 4.69) is 5.32 Å². The number of sulfonamides is 1. The van der Waals surface area contributed by atoms with Gasteiger partial charge in [0.2, 0.25) is 15.9 Å². The van der Waals surface area contributed by atoms with Crippen molar-refractivity contribution in [1.29, 1.82) is 0 Å². The number of hydrogen-bond donors (Lipinski definition) is 1. The van der Waals surface area contributed by atoms with Crippen molar-refractivity contribution in [1.82, 2.24) is 4.31 Å². The van der Waals surface area contributed by atoms with Crippen LogP contribution in [0.5, 0.6) is 11.5 Å². The van der Waals surface area contributed by atoms with E-state index >= 15 is 0 Å². The van der Waals surface area contributed by atoms with E-state index in [1.165, 1.54) is 16.4 Å². The highest BCUT2D eigenvalue weighted by atomic mass is 32.2. The van der Waals surface area contributed by atoms with Crippen molar-refractivity contribution in [2.45, 2.75) is 23.8 Å². The smallest absolute Gasteiger partial charge is 0.242 e. The lowest BCUT2D eigenvalue weighted by Crippen LogP contribution is -2.42. The van der Waals surface area contributed by atoms with Gasteiger partial charge in [-0.05, 0) is 61.4 Å². The zero-order valence-electron chi connectivity index (χ0n) is 16.0. The molecule has 1 fully saturated rings. The minimum atomic E-state index is -3.43. The lowest BCUT2D eigenvalue weighted by atomic mass is 10.2. The van der Waals surface area contributed by atoms with Crippen LogP contribution in [-0.2, 0) is 24.7 Å². The number of amides is 1. The van der Waals surface area contributed by atoms with Crippen LogP contribution in [0.15, 0.2) is 53.4 Å².